The normalized spacial score (nSPS) is 18.4. The lowest BCUT2D eigenvalue weighted by molar-refractivity contribution is 0.0320. The Kier molecular flexibility index (Phi) is 8.61. The molecular formula is C30H38N4O4. The third-order valence-electron chi connectivity index (χ3n) is 7.62. The molecule has 3 aromatic rings. The molecule has 1 aromatic heterocycles. The van der Waals surface area contributed by atoms with Crippen molar-refractivity contribution in [2.75, 3.05) is 57.9 Å². The van der Waals surface area contributed by atoms with Gasteiger partial charge in [-0.25, -0.2) is 0 Å². The number of ether oxygens (including phenoxy) is 2. The van der Waals surface area contributed by atoms with Crippen molar-refractivity contribution in [1.29, 1.82) is 0 Å². The molecule has 1 atom stereocenters. The fourth-order valence-electron chi connectivity index (χ4n) is 5.36. The zero-order chi connectivity index (χ0) is 26.3. The summed E-state index contributed by atoms with van der Waals surface area (Å²) in [6.45, 7) is 8.15. The van der Waals surface area contributed by atoms with Gasteiger partial charge >= 0.3 is 0 Å². The Labute approximate surface area is 225 Å². The monoisotopic (exact) mass is 518 g/mol. The first-order valence-corrected chi connectivity index (χ1v) is 13.7. The van der Waals surface area contributed by atoms with Crippen LogP contribution in [0, 0.1) is 0 Å². The van der Waals surface area contributed by atoms with Gasteiger partial charge in [0.15, 0.2) is 0 Å². The molecule has 0 spiro atoms. The van der Waals surface area contributed by atoms with E-state index in [1.165, 1.54) is 6.42 Å². The molecule has 5 rings (SSSR count). The van der Waals surface area contributed by atoms with Gasteiger partial charge in [0, 0.05) is 49.9 Å². The molecule has 38 heavy (non-hydrogen) atoms. The summed E-state index contributed by atoms with van der Waals surface area (Å²) in [5, 5.41) is 4.56. The summed E-state index contributed by atoms with van der Waals surface area (Å²) in [4.78, 5) is 20.6. The van der Waals surface area contributed by atoms with E-state index in [-0.39, 0.29) is 5.91 Å². The third-order valence-corrected chi connectivity index (χ3v) is 7.62. The van der Waals surface area contributed by atoms with E-state index in [2.05, 4.69) is 21.9 Å². The van der Waals surface area contributed by atoms with E-state index in [0.29, 0.717) is 30.4 Å². The summed E-state index contributed by atoms with van der Waals surface area (Å²) in [6.07, 6.45) is 3.45. The molecule has 0 saturated carbocycles. The Hall–Kier alpha value is -3.36. The fourth-order valence-corrected chi connectivity index (χ4v) is 5.36. The van der Waals surface area contributed by atoms with Crippen LogP contribution in [0.1, 0.15) is 42.1 Å². The number of rotatable bonds is 9. The number of amides is 1. The number of carbonyl (C=O) groups is 1. The minimum atomic E-state index is -0.0324. The predicted octanol–water partition coefficient (Wildman–Crippen LogP) is 4.70. The van der Waals surface area contributed by atoms with Gasteiger partial charge in [-0.3, -0.25) is 9.69 Å². The van der Waals surface area contributed by atoms with E-state index in [9.17, 15) is 4.79 Å². The number of hydrogen-bond donors (Lipinski definition) is 0. The molecule has 2 fully saturated rings. The van der Waals surface area contributed by atoms with Crippen LogP contribution in [0.5, 0.6) is 5.75 Å². The summed E-state index contributed by atoms with van der Waals surface area (Å²) >= 11 is 0. The quantitative estimate of drug-likeness (QED) is 0.407. The van der Waals surface area contributed by atoms with Gasteiger partial charge in [-0.1, -0.05) is 41.6 Å². The number of piperidine rings is 1. The molecule has 1 unspecified atom stereocenters. The molecule has 2 aliphatic rings. The second kappa shape index (κ2) is 12.5. The highest BCUT2D eigenvalue weighted by molar-refractivity contribution is 5.94. The first-order valence-electron chi connectivity index (χ1n) is 13.7. The Morgan fingerprint density at radius 3 is 2.66 bits per heavy atom. The maximum atomic E-state index is 14.0. The number of nitrogens with zero attached hydrogens (tertiary/aromatic N) is 4. The van der Waals surface area contributed by atoms with Gasteiger partial charge in [-0.15, -0.1) is 0 Å². The van der Waals surface area contributed by atoms with Gasteiger partial charge in [0.05, 0.1) is 32.4 Å². The van der Waals surface area contributed by atoms with E-state index in [1.807, 2.05) is 59.5 Å². The van der Waals surface area contributed by atoms with Crippen LogP contribution in [0.2, 0.25) is 0 Å². The molecule has 0 N–H and O–H groups in total. The highest BCUT2D eigenvalue weighted by atomic mass is 16.5. The Bertz CT molecular complexity index is 1190. The molecule has 2 aliphatic heterocycles. The molecule has 0 radical (unpaired) electrons. The van der Waals surface area contributed by atoms with Crippen molar-refractivity contribution < 1.29 is 18.8 Å². The molecule has 2 aromatic carbocycles. The summed E-state index contributed by atoms with van der Waals surface area (Å²) < 4.78 is 17.0. The lowest BCUT2D eigenvalue weighted by Crippen LogP contribution is -2.43. The topological polar surface area (TPSA) is 71.3 Å². The van der Waals surface area contributed by atoms with Crippen molar-refractivity contribution in [2.24, 2.45) is 0 Å². The zero-order valence-electron chi connectivity index (χ0n) is 22.5. The smallest absolute Gasteiger partial charge is 0.254 e. The average Bonchev–Trinajstić information content (AvgIpc) is 3.39. The van der Waals surface area contributed by atoms with Gasteiger partial charge in [-0.2, -0.15) is 0 Å². The van der Waals surface area contributed by atoms with Gasteiger partial charge in [0.2, 0.25) is 5.88 Å². The predicted molar refractivity (Wildman–Crippen MR) is 148 cm³/mol. The number of carbonyl (C=O) groups excluding carboxylic acids is 1. The van der Waals surface area contributed by atoms with Crippen LogP contribution < -0.4 is 9.64 Å². The van der Waals surface area contributed by atoms with E-state index < -0.39 is 0 Å². The van der Waals surface area contributed by atoms with Crippen molar-refractivity contribution in [3.05, 3.63) is 65.7 Å². The standard InChI is InChI=1S/C30H38N4O4/c1-23-9-6-7-14-34(23)30-27(28(31-38-30)24-10-4-3-5-11-24)22-33(16-15-32-17-19-37-20-18-32)29(35)25-12-8-13-26(21-25)36-2/h3-5,8,10-13,21,23H,6-7,9,14-20,22H2,1-2H3. The molecule has 8 heteroatoms. The van der Waals surface area contributed by atoms with Crippen molar-refractivity contribution in [2.45, 2.75) is 38.8 Å². The number of benzene rings is 2. The van der Waals surface area contributed by atoms with E-state index in [0.717, 1.165) is 74.9 Å². The van der Waals surface area contributed by atoms with Gasteiger partial charge in [0.1, 0.15) is 11.4 Å². The van der Waals surface area contributed by atoms with Crippen LogP contribution >= 0.6 is 0 Å². The van der Waals surface area contributed by atoms with Crippen LogP contribution in [-0.2, 0) is 11.3 Å². The number of aromatic nitrogens is 1. The van der Waals surface area contributed by atoms with Crippen molar-refractivity contribution in [1.82, 2.24) is 15.0 Å². The number of methoxy groups -OCH3 is 1. The van der Waals surface area contributed by atoms with Crippen molar-refractivity contribution >= 4 is 11.8 Å². The summed E-state index contributed by atoms with van der Waals surface area (Å²) in [5.41, 5.74) is 3.36. The van der Waals surface area contributed by atoms with Crippen LogP contribution in [-0.4, -0.2) is 80.0 Å². The summed E-state index contributed by atoms with van der Waals surface area (Å²) in [6, 6.07) is 17.9. The molecular weight excluding hydrogens is 480 g/mol. The van der Waals surface area contributed by atoms with E-state index in [1.54, 1.807) is 7.11 Å². The van der Waals surface area contributed by atoms with Gasteiger partial charge < -0.3 is 23.8 Å². The molecule has 3 heterocycles. The minimum absolute atomic E-state index is 0.0324. The third kappa shape index (κ3) is 6.03. The van der Waals surface area contributed by atoms with Crippen LogP contribution in [0.4, 0.5) is 5.88 Å². The first-order chi connectivity index (χ1) is 18.6. The van der Waals surface area contributed by atoms with E-state index >= 15 is 0 Å². The van der Waals surface area contributed by atoms with Crippen molar-refractivity contribution in [3.63, 3.8) is 0 Å². The van der Waals surface area contributed by atoms with Crippen LogP contribution in [0.25, 0.3) is 11.3 Å². The minimum Gasteiger partial charge on any atom is -0.497 e. The lowest BCUT2D eigenvalue weighted by Gasteiger charge is -2.34. The highest BCUT2D eigenvalue weighted by Gasteiger charge is 2.30. The number of morpholine rings is 1. The maximum Gasteiger partial charge on any atom is 0.254 e. The van der Waals surface area contributed by atoms with Gasteiger partial charge in [0.25, 0.3) is 5.91 Å². The Morgan fingerprint density at radius 2 is 1.89 bits per heavy atom. The number of anilines is 1. The van der Waals surface area contributed by atoms with Crippen LogP contribution in [0.3, 0.4) is 0 Å². The largest absolute Gasteiger partial charge is 0.497 e. The first kappa shape index (κ1) is 26.3. The lowest BCUT2D eigenvalue weighted by atomic mass is 10.0. The molecule has 0 aliphatic carbocycles. The highest BCUT2D eigenvalue weighted by Crippen LogP contribution is 2.35. The second-order valence-corrected chi connectivity index (χ2v) is 10.1. The zero-order valence-corrected chi connectivity index (χ0v) is 22.5. The Morgan fingerprint density at radius 1 is 1.08 bits per heavy atom. The molecule has 2 saturated heterocycles. The summed E-state index contributed by atoms with van der Waals surface area (Å²) in [5.74, 6) is 1.42. The second-order valence-electron chi connectivity index (χ2n) is 10.1. The van der Waals surface area contributed by atoms with Crippen molar-refractivity contribution in [3.8, 4) is 17.0 Å². The molecule has 8 nitrogen and oxygen atoms in total. The molecule has 0 bridgehead atoms. The molecule has 202 valence electrons. The average molecular weight is 519 g/mol. The molecule has 1 amide bonds. The number of hydrogen-bond acceptors (Lipinski definition) is 7. The Balaban J connectivity index is 1.50. The van der Waals surface area contributed by atoms with E-state index in [4.69, 9.17) is 14.0 Å². The SMILES string of the molecule is COc1cccc(C(=O)N(CCN2CCOCC2)Cc2c(-c3ccccc3)noc2N2CCCCC2C)c1. The van der Waals surface area contributed by atoms with Gasteiger partial charge in [-0.05, 0) is 44.4 Å². The maximum absolute atomic E-state index is 14.0. The van der Waals surface area contributed by atoms with Crippen LogP contribution in [0.15, 0.2) is 59.1 Å². The summed E-state index contributed by atoms with van der Waals surface area (Å²) in [7, 11) is 1.62. The fraction of sp³-hybridized carbons (Fsp3) is 0.467.